The van der Waals surface area contributed by atoms with Crippen LogP contribution in [-0.4, -0.2) is 40.9 Å². The van der Waals surface area contributed by atoms with Crippen LogP contribution in [0, 0.1) is 5.82 Å². The van der Waals surface area contributed by atoms with Gasteiger partial charge in [-0.3, -0.25) is 9.69 Å². The summed E-state index contributed by atoms with van der Waals surface area (Å²) in [7, 11) is 0. The van der Waals surface area contributed by atoms with Crippen molar-refractivity contribution in [2.24, 2.45) is 0 Å². The van der Waals surface area contributed by atoms with Crippen molar-refractivity contribution >= 4 is 5.91 Å². The van der Waals surface area contributed by atoms with Crippen molar-refractivity contribution < 1.29 is 9.18 Å². The van der Waals surface area contributed by atoms with Gasteiger partial charge < -0.3 is 4.90 Å². The molecule has 26 heavy (non-hydrogen) atoms. The van der Waals surface area contributed by atoms with Crippen LogP contribution in [0.4, 0.5) is 4.39 Å². The maximum absolute atomic E-state index is 13.3. The van der Waals surface area contributed by atoms with Gasteiger partial charge in [0, 0.05) is 31.7 Å². The van der Waals surface area contributed by atoms with Crippen LogP contribution in [0.2, 0.25) is 0 Å². The Morgan fingerprint density at radius 3 is 2.35 bits per heavy atom. The molecular weight excluding hydrogens is 327 g/mol. The van der Waals surface area contributed by atoms with Crippen molar-refractivity contribution in [1.29, 1.82) is 0 Å². The number of nitrogens with zero attached hydrogens (tertiary/aromatic N) is 2. The molecule has 2 saturated heterocycles. The fourth-order valence-corrected chi connectivity index (χ4v) is 4.80. The van der Waals surface area contributed by atoms with Crippen LogP contribution in [-0.2, 0) is 16.8 Å². The van der Waals surface area contributed by atoms with Crippen molar-refractivity contribution in [3.8, 4) is 0 Å². The first kappa shape index (κ1) is 16.0. The summed E-state index contributed by atoms with van der Waals surface area (Å²) in [6.07, 6.45) is 2.86. The second kappa shape index (κ2) is 5.92. The standard InChI is InChI=1S/C22H23FN2O/c23-18-8-6-17(7-9-18)22(10-11-22)21(26)25-15-19-12-20(25)14-24(19)13-16-4-2-1-3-5-16/h1-9,19-20H,10-15H2/t19-,20-/m0/s1. The highest BCUT2D eigenvalue weighted by molar-refractivity contribution is 5.92. The maximum atomic E-state index is 13.3. The summed E-state index contributed by atoms with van der Waals surface area (Å²) in [5, 5.41) is 0. The van der Waals surface area contributed by atoms with Gasteiger partial charge in [0.15, 0.2) is 0 Å². The number of hydrogen-bond donors (Lipinski definition) is 0. The molecule has 2 heterocycles. The van der Waals surface area contributed by atoms with Crippen LogP contribution in [0.1, 0.15) is 30.4 Å². The summed E-state index contributed by atoms with van der Waals surface area (Å²) in [5.41, 5.74) is 1.93. The second-order valence-corrected chi connectivity index (χ2v) is 8.00. The summed E-state index contributed by atoms with van der Waals surface area (Å²) in [6.45, 7) is 2.76. The van der Waals surface area contributed by atoms with Crippen LogP contribution in [0.25, 0.3) is 0 Å². The molecule has 3 aliphatic rings. The van der Waals surface area contributed by atoms with E-state index < -0.39 is 0 Å². The zero-order valence-electron chi connectivity index (χ0n) is 14.8. The summed E-state index contributed by atoms with van der Waals surface area (Å²) in [5.74, 6) is 0.0183. The first-order valence-electron chi connectivity index (χ1n) is 9.51. The molecule has 3 fully saturated rings. The second-order valence-electron chi connectivity index (χ2n) is 8.00. The molecule has 2 aromatic carbocycles. The third-order valence-electron chi connectivity index (χ3n) is 6.40. The van der Waals surface area contributed by atoms with Crippen LogP contribution < -0.4 is 0 Å². The summed E-state index contributed by atoms with van der Waals surface area (Å²) in [6, 6.07) is 17.9. The fraction of sp³-hybridized carbons (Fsp3) is 0.409. The van der Waals surface area contributed by atoms with E-state index in [1.54, 1.807) is 12.1 Å². The SMILES string of the molecule is O=C(N1C[C@@H]2C[C@H]1CN2Cc1ccccc1)C1(c2ccc(F)cc2)CC1. The molecule has 5 rings (SSSR count). The molecule has 0 N–H and O–H groups in total. The minimum atomic E-state index is -0.386. The Balaban J connectivity index is 1.29. The fourth-order valence-electron chi connectivity index (χ4n) is 4.80. The molecule has 0 spiro atoms. The third-order valence-corrected chi connectivity index (χ3v) is 6.40. The van der Waals surface area contributed by atoms with E-state index in [0.717, 1.165) is 44.5 Å². The summed E-state index contributed by atoms with van der Waals surface area (Å²) < 4.78 is 13.2. The highest BCUT2D eigenvalue weighted by atomic mass is 19.1. The monoisotopic (exact) mass is 350 g/mol. The number of amides is 1. The average molecular weight is 350 g/mol. The number of carbonyl (C=O) groups excluding carboxylic acids is 1. The maximum Gasteiger partial charge on any atom is 0.233 e. The minimum absolute atomic E-state index is 0.242. The molecule has 0 unspecified atom stereocenters. The molecule has 4 heteroatoms. The smallest absolute Gasteiger partial charge is 0.233 e. The minimum Gasteiger partial charge on any atom is -0.336 e. The normalized spacial score (nSPS) is 26.3. The number of benzene rings is 2. The molecule has 2 atom stereocenters. The van der Waals surface area contributed by atoms with Gasteiger partial charge >= 0.3 is 0 Å². The molecule has 1 amide bonds. The van der Waals surface area contributed by atoms with Crippen LogP contribution in [0.5, 0.6) is 0 Å². The highest BCUT2D eigenvalue weighted by Gasteiger charge is 2.57. The van der Waals surface area contributed by atoms with Crippen molar-refractivity contribution in [2.45, 2.75) is 43.3 Å². The lowest BCUT2D eigenvalue weighted by atomic mass is 9.94. The van der Waals surface area contributed by atoms with Gasteiger partial charge in [-0.1, -0.05) is 42.5 Å². The van der Waals surface area contributed by atoms with Gasteiger partial charge in [0.2, 0.25) is 5.91 Å². The van der Waals surface area contributed by atoms with Gasteiger partial charge in [-0.2, -0.15) is 0 Å². The van der Waals surface area contributed by atoms with E-state index in [-0.39, 0.29) is 17.1 Å². The Hall–Kier alpha value is -2.20. The lowest BCUT2D eigenvalue weighted by Crippen LogP contribution is -2.51. The average Bonchev–Trinajstić information content (AvgIpc) is 3.24. The van der Waals surface area contributed by atoms with E-state index in [9.17, 15) is 9.18 Å². The van der Waals surface area contributed by atoms with E-state index in [2.05, 4.69) is 34.1 Å². The molecule has 0 radical (unpaired) electrons. The molecule has 1 aliphatic carbocycles. The van der Waals surface area contributed by atoms with Crippen LogP contribution in [0.3, 0.4) is 0 Å². The van der Waals surface area contributed by atoms with Crippen molar-refractivity contribution in [3.05, 3.63) is 71.5 Å². The van der Waals surface area contributed by atoms with Crippen LogP contribution >= 0.6 is 0 Å². The van der Waals surface area contributed by atoms with E-state index in [0.29, 0.717) is 12.1 Å². The van der Waals surface area contributed by atoms with Crippen molar-refractivity contribution in [1.82, 2.24) is 9.80 Å². The largest absolute Gasteiger partial charge is 0.336 e. The Labute approximate surface area is 153 Å². The van der Waals surface area contributed by atoms with Gasteiger partial charge in [0.1, 0.15) is 5.82 Å². The van der Waals surface area contributed by atoms with E-state index in [1.807, 2.05) is 6.07 Å². The van der Waals surface area contributed by atoms with Crippen molar-refractivity contribution in [2.75, 3.05) is 13.1 Å². The topological polar surface area (TPSA) is 23.6 Å². The predicted octanol–water partition coefficient (Wildman–Crippen LogP) is 3.34. The lowest BCUT2D eigenvalue weighted by molar-refractivity contribution is -0.136. The van der Waals surface area contributed by atoms with Crippen LogP contribution in [0.15, 0.2) is 54.6 Å². The molecular formula is C22H23FN2O. The molecule has 1 saturated carbocycles. The zero-order valence-corrected chi connectivity index (χ0v) is 14.8. The summed E-state index contributed by atoms with van der Waals surface area (Å²) >= 11 is 0. The molecule has 2 bridgehead atoms. The van der Waals surface area contributed by atoms with Crippen molar-refractivity contribution in [3.63, 3.8) is 0 Å². The zero-order chi connectivity index (χ0) is 17.7. The number of halogens is 1. The van der Waals surface area contributed by atoms with E-state index in [1.165, 1.54) is 17.7 Å². The molecule has 3 nitrogen and oxygen atoms in total. The highest BCUT2D eigenvalue weighted by Crippen LogP contribution is 2.51. The number of likely N-dealkylation sites (tertiary alicyclic amines) is 2. The van der Waals surface area contributed by atoms with Gasteiger partial charge in [-0.15, -0.1) is 0 Å². The molecule has 2 aliphatic heterocycles. The first-order chi connectivity index (χ1) is 12.7. The Morgan fingerprint density at radius 2 is 1.73 bits per heavy atom. The first-order valence-corrected chi connectivity index (χ1v) is 9.51. The third kappa shape index (κ3) is 2.55. The lowest BCUT2D eigenvalue weighted by Gasteiger charge is -2.36. The van der Waals surface area contributed by atoms with E-state index in [4.69, 9.17) is 0 Å². The molecule has 2 aromatic rings. The predicted molar refractivity (Wildman–Crippen MR) is 98.1 cm³/mol. The summed E-state index contributed by atoms with van der Waals surface area (Å²) in [4.78, 5) is 17.9. The number of rotatable bonds is 4. The van der Waals surface area contributed by atoms with Gasteiger partial charge in [0.25, 0.3) is 0 Å². The molecule has 134 valence electrons. The van der Waals surface area contributed by atoms with Gasteiger partial charge in [0.05, 0.1) is 5.41 Å². The Morgan fingerprint density at radius 1 is 1.00 bits per heavy atom. The van der Waals surface area contributed by atoms with Gasteiger partial charge in [-0.25, -0.2) is 4.39 Å². The van der Waals surface area contributed by atoms with Gasteiger partial charge in [-0.05, 0) is 42.5 Å². The van der Waals surface area contributed by atoms with E-state index >= 15 is 0 Å². The number of piperazine rings is 1. The quantitative estimate of drug-likeness (QED) is 0.844. The number of hydrogen-bond acceptors (Lipinski definition) is 2. The number of carbonyl (C=O) groups is 1. The molecule has 0 aromatic heterocycles. The Kier molecular flexibility index (Phi) is 3.64. The number of fused-ring (bicyclic) bond motifs is 2. The Bertz CT molecular complexity index is 816.